The zero-order valence-corrected chi connectivity index (χ0v) is 14.6. The lowest BCUT2D eigenvalue weighted by molar-refractivity contribution is 0.102. The predicted octanol–water partition coefficient (Wildman–Crippen LogP) is 3.39. The molecular formula is C17H26BrN3. The Bertz CT molecular complexity index is 503. The average molecular weight is 352 g/mol. The average Bonchev–Trinajstić information content (AvgIpc) is 2.47. The zero-order valence-electron chi connectivity index (χ0n) is 13.1. The summed E-state index contributed by atoms with van der Waals surface area (Å²) in [6.07, 6.45) is 4.00. The van der Waals surface area contributed by atoms with Crippen LogP contribution in [0.5, 0.6) is 0 Å². The first-order valence-electron chi connectivity index (χ1n) is 8.06. The van der Waals surface area contributed by atoms with Crippen LogP contribution in [-0.2, 0) is 0 Å². The zero-order chi connectivity index (χ0) is 15.0. The normalized spacial score (nSPS) is 28.3. The highest BCUT2D eigenvalue weighted by Gasteiger charge is 2.34. The Morgan fingerprint density at radius 3 is 2.81 bits per heavy atom. The lowest BCUT2D eigenvalue weighted by Crippen LogP contribution is -2.52. The van der Waals surface area contributed by atoms with Crippen LogP contribution in [0.4, 0.5) is 5.69 Å². The molecule has 2 heterocycles. The van der Waals surface area contributed by atoms with Gasteiger partial charge in [-0.05, 0) is 79.3 Å². The van der Waals surface area contributed by atoms with Gasteiger partial charge in [-0.2, -0.15) is 0 Å². The molecule has 0 aliphatic carbocycles. The highest BCUT2D eigenvalue weighted by molar-refractivity contribution is 9.10. The van der Waals surface area contributed by atoms with E-state index >= 15 is 0 Å². The first kappa shape index (κ1) is 15.3. The third kappa shape index (κ3) is 3.13. The smallest absolute Gasteiger partial charge is 0.0510 e. The molecule has 116 valence electrons. The lowest BCUT2D eigenvalue weighted by atomic mass is 9.84. The highest BCUT2D eigenvalue weighted by atomic mass is 79.9. The van der Waals surface area contributed by atoms with Crippen LogP contribution in [0.25, 0.3) is 0 Å². The summed E-state index contributed by atoms with van der Waals surface area (Å²) >= 11 is 3.74. The molecule has 0 amide bonds. The molecule has 3 rings (SSSR count). The number of hydrogen-bond donors (Lipinski definition) is 1. The van der Waals surface area contributed by atoms with Crippen molar-refractivity contribution in [3.8, 4) is 0 Å². The minimum atomic E-state index is 0.0908. The Labute approximate surface area is 136 Å². The van der Waals surface area contributed by atoms with Gasteiger partial charge in [0.25, 0.3) is 0 Å². The first-order valence-corrected chi connectivity index (χ1v) is 8.86. The summed E-state index contributed by atoms with van der Waals surface area (Å²) in [5, 5.41) is 0. The molecule has 3 unspecified atom stereocenters. The van der Waals surface area contributed by atoms with Crippen LogP contribution in [-0.4, -0.2) is 37.6 Å². The van der Waals surface area contributed by atoms with E-state index in [0.29, 0.717) is 0 Å². The largest absolute Gasteiger partial charge is 0.370 e. The summed E-state index contributed by atoms with van der Waals surface area (Å²) in [5.41, 5.74) is 8.49. The van der Waals surface area contributed by atoms with Crippen LogP contribution < -0.4 is 10.6 Å². The number of rotatable bonds is 2. The number of halogens is 1. The van der Waals surface area contributed by atoms with E-state index in [-0.39, 0.29) is 6.04 Å². The van der Waals surface area contributed by atoms with Gasteiger partial charge in [-0.3, -0.25) is 0 Å². The van der Waals surface area contributed by atoms with Crippen LogP contribution in [0.1, 0.15) is 37.8 Å². The third-order valence-corrected chi connectivity index (χ3v) is 5.82. The van der Waals surface area contributed by atoms with Gasteiger partial charge in [-0.15, -0.1) is 0 Å². The summed E-state index contributed by atoms with van der Waals surface area (Å²) in [7, 11) is 2.29. The number of benzene rings is 1. The number of likely N-dealkylation sites (tertiary alicyclic amines) is 1. The van der Waals surface area contributed by atoms with Crippen LogP contribution in [0.15, 0.2) is 22.7 Å². The van der Waals surface area contributed by atoms with Crippen molar-refractivity contribution in [2.75, 3.05) is 31.6 Å². The second-order valence-corrected chi connectivity index (χ2v) is 7.54. The van der Waals surface area contributed by atoms with Crippen molar-refractivity contribution in [3.63, 3.8) is 0 Å². The maximum absolute atomic E-state index is 5.97. The number of hydrogen-bond acceptors (Lipinski definition) is 3. The second kappa shape index (κ2) is 6.27. The summed E-state index contributed by atoms with van der Waals surface area (Å²) in [6, 6.07) is 7.46. The first-order chi connectivity index (χ1) is 10.1. The van der Waals surface area contributed by atoms with Crippen LogP contribution in [0.2, 0.25) is 0 Å². The minimum absolute atomic E-state index is 0.0908. The van der Waals surface area contributed by atoms with Gasteiger partial charge in [0, 0.05) is 29.6 Å². The van der Waals surface area contributed by atoms with Gasteiger partial charge in [-0.25, -0.2) is 0 Å². The third-order valence-electron chi connectivity index (χ3n) is 5.18. The lowest BCUT2D eigenvalue weighted by Gasteiger charge is -2.46. The van der Waals surface area contributed by atoms with E-state index in [2.05, 4.69) is 51.0 Å². The molecule has 3 nitrogen and oxygen atoms in total. The summed E-state index contributed by atoms with van der Waals surface area (Å²) in [6.45, 7) is 5.64. The highest BCUT2D eigenvalue weighted by Crippen LogP contribution is 2.35. The molecule has 0 spiro atoms. The van der Waals surface area contributed by atoms with E-state index in [0.717, 1.165) is 18.5 Å². The van der Waals surface area contributed by atoms with Gasteiger partial charge in [-0.1, -0.05) is 6.07 Å². The van der Waals surface area contributed by atoms with Gasteiger partial charge in [0.2, 0.25) is 0 Å². The molecule has 2 aliphatic rings. The Morgan fingerprint density at radius 1 is 1.29 bits per heavy atom. The molecule has 2 N–H and O–H groups in total. The van der Waals surface area contributed by atoms with Crippen molar-refractivity contribution in [1.82, 2.24) is 4.90 Å². The van der Waals surface area contributed by atoms with Crippen molar-refractivity contribution >= 4 is 21.6 Å². The number of nitrogens with zero attached hydrogens (tertiary/aromatic N) is 2. The molecule has 2 saturated heterocycles. The van der Waals surface area contributed by atoms with Gasteiger partial charge in [0.1, 0.15) is 0 Å². The van der Waals surface area contributed by atoms with Gasteiger partial charge in [0.05, 0.1) is 5.69 Å². The van der Waals surface area contributed by atoms with Gasteiger partial charge in [0.15, 0.2) is 0 Å². The molecular weight excluding hydrogens is 326 g/mol. The fraction of sp³-hybridized carbons (Fsp3) is 0.647. The maximum Gasteiger partial charge on any atom is 0.0510 e. The molecule has 2 aliphatic heterocycles. The van der Waals surface area contributed by atoms with E-state index in [9.17, 15) is 0 Å². The SMILES string of the molecule is CC(N)c1ccc(N2CCC3C(CCCN3C)C2)c(Br)c1. The fourth-order valence-electron chi connectivity index (χ4n) is 3.93. The molecule has 0 bridgehead atoms. The van der Waals surface area contributed by atoms with Gasteiger partial charge < -0.3 is 15.5 Å². The Balaban J connectivity index is 1.76. The van der Waals surface area contributed by atoms with Crippen LogP contribution >= 0.6 is 15.9 Å². The Kier molecular flexibility index (Phi) is 4.57. The minimum Gasteiger partial charge on any atom is -0.370 e. The number of nitrogens with two attached hydrogens (primary N) is 1. The predicted molar refractivity (Wildman–Crippen MR) is 92.7 cm³/mol. The molecule has 1 aromatic carbocycles. The van der Waals surface area contributed by atoms with Crippen molar-refractivity contribution in [3.05, 3.63) is 28.2 Å². The maximum atomic E-state index is 5.97. The monoisotopic (exact) mass is 351 g/mol. The molecule has 21 heavy (non-hydrogen) atoms. The number of piperidine rings is 2. The molecule has 0 saturated carbocycles. The quantitative estimate of drug-likeness (QED) is 0.886. The van der Waals surface area contributed by atoms with E-state index in [1.54, 1.807) is 0 Å². The standard InChI is InChI=1S/C17H26BrN3/c1-12(19)13-5-6-17(15(18)10-13)21-9-7-16-14(11-21)4-3-8-20(16)2/h5-6,10,12,14,16H,3-4,7-9,11,19H2,1-2H3. The molecule has 3 atom stereocenters. The van der Waals surface area contributed by atoms with Crippen molar-refractivity contribution in [2.45, 2.75) is 38.3 Å². The molecule has 0 radical (unpaired) electrons. The Morgan fingerprint density at radius 2 is 2.10 bits per heavy atom. The number of anilines is 1. The summed E-state index contributed by atoms with van der Waals surface area (Å²) < 4.78 is 1.18. The van der Waals surface area contributed by atoms with E-state index in [1.807, 2.05) is 6.92 Å². The summed E-state index contributed by atoms with van der Waals surface area (Å²) in [5.74, 6) is 0.817. The van der Waals surface area contributed by atoms with Crippen molar-refractivity contribution < 1.29 is 0 Å². The fourth-order valence-corrected chi connectivity index (χ4v) is 4.58. The van der Waals surface area contributed by atoms with Crippen LogP contribution in [0.3, 0.4) is 0 Å². The molecule has 4 heteroatoms. The van der Waals surface area contributed by atoms with Crippen molar-refractivity contribution in [2.24, 2.45) is 11.7 Å². The van der Waals surface area contributed by atoms with Crippen LogP contribution in [0, 0.1) is 5.92 Å². The Hall–Kier alpha value is -0.580. The molecule has 0 aromatic heterocycles. The second-order valence-electron chi connectivity index (χ2n) is 6.68. The van der Waals surface area contributed by atoms with E-state index < -0.39 is 0 Å². The van der Waals surface area contributed by atoms with Crippen molar-refractivity contribution in [1.29, 1.82) is 0 Å². The molecule has 2 fully saturated rings. The van der Waals surface area contributed by atoms with Gasteiger partial charge >= 0.3 is 0 Å². The number of fused-ring (bicyclic) bond motifs is 1. The van der Waals surface area contributed by atoms with E-state index in [4.69, 9.17) is 5.73 Å². The molecule has 1 aromatic rings. The van der Waals surface area contributed by atoms with E-state index in [1.165, 1.54) is 48.1 Å². The summed E-state index contributed by atoms with van der Waals surface area (Å²) in [4.78, 5) is 5.12. The topological polar surface area (TPSA) is 32.5 Å².